The fourth-order valence-electron chi connectivity index (χ4n) is 3.36. The zero-order valence-corrected chi connectivity index (χ0v) is 16.6. The number of hydrogen-bond acceptors (Lipinski definition) is 3. The van der Waals surface area contributed by atoms with Gasteiger partial charge in [0.1, 0.15) is 11.5 Å². The molecule has 0 atom stereocenters. The quantitative estimate of drug-likeness (QED) is 0.527. The molecular weight excluding hydrogens is 442 g/mol. The topological polar surface area (TPSA) is 59.6 Å². The lowest BCUT2D eigenvalue weighted by atomic mass is 9.93. The van der Waals surface area contributed by atoms with Crippen LogP contribution in [0, 0.1) is 0 Å². The molecule has 2 aromatic carbocycles. The van der Waals surface area contributed by atoms with E-state index in [1.54, 1.807) is 0 Å². The Hall–Kier alpha value is -3.11. The third-order valence-electron chi connectivity index (χ3n) is 4.82. The summed E-state index contributed by atoms with van der Waals surface area (Å²) in [6, 6.07) is 8.66. The number of amides is 2. The second-order valence-electron chi connectivity index (χ2n) is 7.29. The first kappa shape index (κ1) is 23.6. The van der Waals surface area contributed by atoms with E-state index in [0.717, 1.165) is 24.3 Å². The molecular formula is C21H20F6N2O3. The summed E-state index contributed by atoms with van der Waals surface area (Å²) in [5.74, 6) is -0.107. The van der Waals surface area contributed by atoms with Gasteiger partial charge in [-0.05, 0) is 62.1 Å². The molecule has 11 heteroatoms. The van der Waals surface area contributed by atoms with Crippen molar-refractivity contribution in [1.29, 1.82) is 0 Å². The maximum Gasteiger partial charge on any atom is 0.573 e. The molecule has 174 valence electrons. The number of carbonyl (C=O) groups excluding carboxylic acids is 1. The smallest absolute Gasteiger partial charge is 0.490 e. The van der Waals surface area contributed by atoms with E-state index in [9.17, 15) is 31.1 Å². The largest absolute Gasteiger partial charge is 0.573 e. The van der Waals surface area contributed by atoms with Crippen LogP contribution in [-0.4, -0.2) is 24.5 Å². The zero-order chi connectivity index (χ0) is 23.4. The van der Waals surface area contributed by atoms with Gasteiger partial charge in [0, 0.05) is 17.8 Å². The van der Waals surface area contributed by atoms with Gasteiger partial charge in [0.2, 0.25) is 0 Å². The molecule has 1 aliphatic carbocycles. The van der Waals surface area contributed by atoms with Crippen molar-refractivity contribution in [3.05, 3.63) is 54.1 Å². The molecule has 1 aliphatic rings. The van der Waals surface area contributed by atoms with E-state index < -0.39 is 29.9 Å². The van der Waals surface area contributed by atoms with E-state index in [-0.39, 0.29) is 17.8 Å². The molecule has 5 nitrogen and oxygen atoms in total. The number of carbonyl (C=O) groups is 1. The van der Waals surface area contributed by atoms with Gasteiger partial charge in [0.15, 0.2) is 0 Å². The van der Waals surface area contributed by atoms with Gasteiger partial charge in [-0.25, -0.2) is 4.79 Å². The van der Waals surface area contributed by atoms with Gasteiger partial charge in [0.25, 0.3) is 0 Å². The molecule has 0 unspecified atom stereocenters. The maximum atomic E-state index is 12.6. The molecule has 2 aromatic rings. The van der Waals surface area contributed by atoms with Crippen molar-refractivity contribution in [2.24, 2.45) is 0 Å². The van der Waals surface area contributed by atoms with E-state index in [0.29, 0.717) is 31.4 Å². The van der Waals surface area contributed by atoms with Gasteiger partial charge in [-0.15, -0.1) is 13.2 Å². The number of nitrogens with one attached hydrogen (secondary N) is 2. The molecule has 0 radical (unpaired) electrons. The monoisotopic (exact) mass is 462 g/mol. The molecule has 0 aromatic heterocycles. The fraction of sp³-hybridized carbons (Fsp3) is 0.381. The lowest BCUT2D eigenvalue weighted by Crippen LogP contribution is -2.41. The molecule has 2 amide bonds. The highest BCUT2D eigenvalue weighted by Gasteiger charge is 2.31. The first-order valence-electron chi connectivity index (χ1n) is 9.75. The standard InChI is InChI=1S/C21H20F6N2O3/c22-20(23,24)13-4-8-16(9-5-13)31-17-10-6-14(7-11-17)28-19(30)29-15-2-1-3-18(12-15)32-21(25,26)27/h1-5,8-9,12,14,17H,6-7,10-11H2,(H2,28,29,30)/t14-,17-. The molecule has 0 saturated heterocycles. The molecule has 3 rings (SSSR count). The Morgan fingerprint density at radius 1 is 0.875 bits per heavy atom. The number of ether oxygens (including phenoxy) is 2. The van der Waals surface area contributed by atoms with Crippen LogP contribution in [0.2, 0.25) is 0 Å². The fourth-order valence-corrected chi connectivity index (χ4v) is 3.36. The van der Waals surface area contributed by atoms with Gasteiger partial charge < -0.3 is 20.1 Å². The van der Waals surface area contributed by atoms with Crippen LogP contribution in [0.1, 0.15) is 31.2 Å². The van der Waals surface area contributed by atoms with Crippen LogP contribution in [0.5, 0.6) is 11.5 Å². The van der Waals surface area contributed by atoms with E-state index >= 15 is 0 Å². The van der Waals surface area contributed by atoms with Crippen LogP contribution in [-0.2, 0) is 6.18 Å². The van der Waals surface area contributed by atoms with Crippen LogP contribution in [0.3, 0.4) is 0 Å². The van der Waals surface area contributed by atoms with Crippen molar-refractivity contribution in [2.45, 2.75) is 50.4 Å². The van der Waals surface area contributed by atoms with Crippen molar-refractivity contribution < 1.29 is 40.6 Å². The summed E-state index contributed by atoms with van der Waals surface area (Å²) in [7, 11) is 0. The Kier molecular flexibility index (Phi) is 7.05. The van der Waals surface area contributed by atoms with E-state index in [1.807, 2.05) is 0 Å². The highest BCUT2D eigenvalue weighted by molar-refractivity contribution is 5.89. The number of urea groups is 1. The van der Waals surface area contributed by atoms with Crippen molar-refractivity contribution in [1.82, 2.24) is 5.32 Å². The van der Waals surface area contributed by atoms with Crippen molar-refractivity contribution in [3.8, 4) is 11.5 Å². The minimum absolute atomic E-state index is 0.142. The van der Waals surface area contributed by atoms with Crippen molar-refractivity contribution >= 4 is 11.7 Å². The third kappa shape index (κ3) is 7.24. The van der Waals surface area contributed by atoms with Gasteiger partial charge in [-0.3, -0.25) is 0 Å². The molecule has 2 N–H and O–H groups in total. The van der Waals surface area contributed by atoms with E-state index in [4.69, 9.17) is 4.74 Å². The SMILES string of the molecule is O=C(Nc1cccc(OC(F)(F)F)c1)N[C@H]1CC[C@H](Oc2ccc(C(F)(F)F)cc2)CC1. The summed E-state index contributed by atoms with van der Waals surface area (Å²) in [5.41, 5.74) is -0.608. The summed E-state index contributed by atoms with van der Waals surface area (Å²) >= 11 is 0. The Balaban J connectivity index is 1.44. The number of rotatable bonds is 5. The lowest BCUT2D eigenvalue weighted by molar-refractivity contribution is -0.274. The predicted molar refractivity (Wildman–Crippen MR) is 103 cm³/mol. The van der Waals surface area contributed by atoms with Crippen molar-refractivity contribution in [2.75, 3.05) is 5.32 Å². The average Bonchev–Trinajstić information content (AvgIpc) is 2.68. The molecule has 1 saturated carbocycles. The predicted octanol–water partition coefficient (Wildman–Crippen LogP) is 6.12. The highest BCUT2D eigenvalue weighted by atomic mass is 19.4. The summed E-state index contributed by atoms with van der Waals surface area (Å²) in [4.78, 5) is 12.2. The van der Waals surface area contributed by atoms with Crippen molar-refractivity contribution in [3.63, 3.8) is 0 Å². The number of benzene rings is 2. The molecule has 0 heterocycles. The molecule has 32 heavy (non-hydrogen) atoms. The Labute approximate surface area is 179 Å². The summed E-state index contributed by atoms with van der Waals surface area (Å²) in [6.45, 7) is 0. The summed E-state index contributed by atoms with van der Waals surface area (Å²) in [5, 5.41) is 5.21. The molecule has 0 aliphatic heterocycles. The van der Waals surface area contributed by atoms with Gasteiger partial charge >= 0.3 is 18.6 Å². The lowest BCUT2D eigenvalue weighted by Gasteiger charge is -2.29. The normalized spacial score (nSPS) is 19.2. The summed E-state index contributed by atoms with van der Waals surface area (Å²) < 4.78 is 84.3. The number of halogens is 6. The second-order valence-corrected chi connectivity index (χ2v) is 7.29. The molecule has 0 bridgehead atoms. The number of anilines is 1. The van der Waals surface area contributed by atoms with Gasteiger partial charge in [-0.2, -0.15) is 13.2 Å². The van der Waals surface area contributed by atoms with Gasteiger partial charge in [-0.1, -0.05) is 6.07 Å². The van der Waals surface area contributed by atoms with Crippen LogP contribution < -0.4 is 20.1 Å². The first-order valence-corrected chi connectivity index (χ1v) is 9.75. The third-order valence-corrected chi connectivity index (χ3v) is 4.82. The molecule has 1 fully saturated rings. The average molecular weight is 462 g/mol. The Morgan fingerprint density at radius 2 is 1.53 bits per heavy atom. The minimum Gasteiger partial charge on any atom is -0.490 e. The van der Waals surface area contributed by atoms with Gasteiger partial charge in [0.05, 0.1) is 11.7 Å². The zero-order valence-electron chi connectivity index (χ0n) is 16.6. The second kappa shape index (κ2) is 9.58. The first-order chi connectivity index (χ1) is 15.0. The Morgan fingerprint density at radius 3 is 2.12 bits per heavy atom. The number of alkyl halides is 6. The van der Waals surface area contributed by atoms with E-state index in [1.165, 1.54) is 24.3 Å². The summed E-state index contributed by atoms with van der Waals surface area (Å²) in [6.07, 6.45) is -7.10. The van der Waals surface area contributed by atoms with E-state index in [2.05, 4.69) is 15.4 Å². The highest BCUT2D eigenvalue weighted by Crippen LogP contribution is 2.31. The molecule has 0 spiro atoms. The van der Waals surface area contributed by atoms with Crippen LogP contribution in [0.15, 0.2) is 48.5 Å². The maximum absolute atomic E-state index is 12.6. The van der Waals surface area contributed by atoms with Crippen LogP contribution in [0.25, 0.3) is 0 Å². The minimum atomic E-state index is -4.83. The Bertz CT molecular complexity index is 907. The van der Waals surface area contributed by atoms with Crippen LogP contribution >= 0.6 is 0 Å². The number of hydrogen-bond donors (Lipinski definition) is 2. The van der Waals surface area contributed by atoms with Crippen LogP contribution in [0.4, 0.5) is 36.8 Å².